The summed E-state index contributed by atoms with van der Waals surface area (Å²) in [6, 6.07) is 5.78. The van der Waals surface area contributed by atoms with E-state index in [1.165, 1.54) is 0 Å². The van der Waals surface area contributed by atoms with Crippen molar-refractivity contribution in [3.8, 4) is 0 Å². The van der Waals surface area contributed by atoms with Gasteiger partial charge in [-0.05, 0) is 44.7 Å². The standard InChI is InChI=1S/C18H28O3/c1-13(2)7-6-8-17(12-20-5)21-18(19)16-10-14(3)9-15(4)11-16/h9-11,13,17H,6-8,12H2,1-5H3. The highest BCUT2D eigenvalue weighted by atomic mass is 16.6. The van der Waals surface area contributed by atoms with Crippen LogP contribution in [0, 0.1) is 19.8 Å². The Balaban J connectivity index is 2.62. The van der Waals surface area contributed by atoms with E-state index in [-0.39, 0.29) is 12.1 Å². The number of rotatable bonds is 8. The number of hydrogen-bond donors (Lipinski definition) is 0. The van der Waals surface area contributed by atoms with Gasteiger partial charge in [0.05, 0.1) is 12.2 Å². The molecule has 0 radical (unpaired) electrons. The zero-order chi connectivity index (χ0) is 15.8. The van der Waals surface area contributed by atoms with Crippen molar-refractivity contribution in [1.82, 2.24) is 0 Å². The van der Waals surface area contributed by atoms with Crippen LogP contribution in [0.15, 0.2) is 18.2 Å². The van der Waals surface area contributed by atoms with Crippen molar-refractivity contribution in [2.45, 2.75) is 53.1 Å². The van der Waals surface area contributed by atoms with E-state index in [1.807, 2.05) is 32.0 Å². The molecule has 0 aliphatic heterocycles. The predicted molar refractivity (Wildman–Crippen MR) is 85.7 cm³/mol. The fourth-order valence-electron chi connectivity index (χ4n) is 2.43. The number of carbonyl (C=O) groups is 1. The van der Waals surface area contributed by atoms with Crippen molar-refractivity contribution < 1.29 is 14.3 Å². The number of benzene rings is 1. The summed E-state index contributed by atoms with van der Waals surface area (Å²) >= 11 is 0. The van der Waals surface area contributed by atoms with E-state index in [1.54, 1.807) is 7.11 Å². The van der Waals surface area contributed by atoms with Crippen molar-refractivity contribution >= 4 is 5.97 Å². The average molecular weight is 292 g/mol. The van der Waals surface area contributed by atoms with Crippen LogP contribution in [0.25, 0.3) is 0 Å². The van der Waals surface area contributed by atoms with Gasteiger partial charge in [0.15, 0.2) is 0 Å². The van der Waals surface area contributed by atoms with Gasteiger partial charge in [0.25, 0.3) is 0 Å². The highest BCUT2D eigenvalue weighted by Gasteiger charge is 2.16. The second-order valence-electron chi connectivity index (χ2n) is 6.18. The molecule has 21 heavy (non-hydrogen) atoms. The SMILES string of the molecule is COCC(CCCC(C)C)OC(=O)c1cc(C)cc(C)c1. The molecule has 0 saturated heterocycles. The van der Waals surface area contributed by atoms with E-state index >= 15 is 0 Å². The molecule has 0 heterocycles. The topological polar surface area (TPSA) is 35.5 Å². The van der Waals surface area contributed by atoms with Gasteiger partial charge in [-0.1, -0.05) is 37.5 Å². The molecule has 3 nitrogen and oxygen atoms in total. The second kappa shape index (κ2) is 8.83. The maximum absolute atomic E-state index is 12.3. The molecule has 0 aromatic heterocycles. The van der Waals surface area contributed by atoms with Gasteiger partial charge in [-0.15, -0.1) is 0 Å². The highest BCUT2D eigenvalue weighted by molar-refractivity contribution is 5.90. The summed E-state index contributed by atoms with van der Waals surface area (Å²) in [6.07, 6.45) is 2.87. The van der Waals surface area contributed by atoms with Crippen LogP contribution >= 0.6 is 0 Å². The maximum Gasteiger partial charge on any atom is 0.338 e. The van der Waals surface area contributed by atoms with Gasteiger partial charge in [0, 0.05) is 7.11 Å². The first-order chi connectivity index (χ1) is 9.92. The lowest BCUT2D eigenvalue weighted by molar-refractivity contribution is 0.00218. The van der Waals surface area contributed by atoms with Crippen LogP contribution in [0.1, 0.15) is 54.6 Å². The molecule has 0 aliphatic rings. The van der Waals surface area contributed by atoms with E-state index in [0.717, 1.165) is 30.4 Å². The van der Waals surface area contributed by atoms with Crippen molar-refractivity contribution in [1.29, 1.82) is 0 Å². The minimum absolute atomic E-state index is 0.165. The van der Waals surface area contributed by atoms with Crippen molar-refractivity contribution in [3.63, 3.8) is 0 Å². The molecule has 1 atom stereocenters. The quantitative estimate of drug-likeness (QED) is 0.670. The summed E-state index contributed by atoms with van der Waals surface area (Å²) in [7, 11) is 1.64. The first-order valence-corrected chi connectivity index (χ1v) is 7.70. The lowest BCUT2D eigenvalue weighted by Gasteiger charge is -2.18. The first-order valence-electron chi connectivity index (χ1n) is 7.70. The van der Waals surface area contributed by atoms with Crippen molar-refractivity contribution in [2.75, 3.05) is 13.7 Å². The van der Waals surface area contributed by atoms with Gasteiger partial charge in [-0.25, -0.2) is 4.79 Å². The molecule has 0 N–H and O–H groups in total. The van der Waals surface area contributed by atoms with Crippen molar-refractivity contribution in [2.24, 2.45) is 5.92 Å². The Hall–Kier alpha value is -1.35. The van der Waals surface area contributed by atoms with E-state index < -0.39 is 0 Å². The van der Waals surface area contributed by atoms with Crippen LogP contribution in [0.5, 0.6) is 0 Å². The molecular formula is C18H28O3. The fraction of sp³-hybridized carbons (Fsp3) is 0.611. The molecule has 3 heteroatoms. The minimum atomic E-state index is -0.256. The van der Waals surface area contributed by atoms with Gasteiger partial charge in [0.2, 0.25) is 0 Å². The molecule has 0 amide bonds. The molecule has 0 spiro atoms. The third-order valence-corrected chi connectivity index (χ3v) is 3.39. The van der Waals surface area contributed by atoms with Crippen LogP contribution in [0.4, 0.5) is 0 Å². The number of ether oxygens (including phenoxy) is 2. The van der Waals surface area contributed by atoms with Gasteiger partial charge in [0.1, 0.15) is 6.10 Å². The maximum atomic E-state index is 12.3. The summed E-state index contributed by atoms with van der Waals surface area (Å²) < 4.78 is 10.8. The largest absolute Gasteiger partial charge is 0.456 e. The third-order valence-electron chi connectivity index (χ3n) is 3.39. The molecule has 0 fully saturated rings. The minimum Gasteiger partial charge on any atom is -0.456 e. The summed E-state index contributed by atoms with van der Waals surface area (Å²) in [6.45, 7) is 8.83. The lowest BCUT2D eigenvalue weighted by atomic mass is 10.0. The lowest BCUT2D eigenvalue weighted by Crippen LogP contribution is -2.23. The van der Waals surface area contributed by atoms with Crippen LogP contribution in [0.3, 0.4) is 0 Å². The molecule has 1 rings (SSSR count). The van der Waals surface area contributed by atoms with Crippen molar-refractivity contribution in [3.05, 3.63) is 34.9 Å². The summed E-state index contributed by atoms with van der Waals surface area (Å²) in [4.78, 5) is 12.3. The zero-order valence-electron chi connectivity index (χ0n) is 13.9. The summed E-state index contributed by atoms with van der Waals surface area (Å²) in [5.74, 6) is 0.414. The number of aryl methyl sites for hydroxylation is 2. The van der Waals surface area contributed by atoms with Gasteiger partial charge >= 0.3 is 5.97 Å². The molecule has 1 aromatic carbocycles. The van der Waals surface area contributed by atoms with E-state index in [9.17, 15) is 4.79 Å². The molecule has 0 aliphatic carbocycles. The van der Waals surface area contributed by atoms with E-state index in [0.29, 0.717) is 18.1 Å². The Morgan fingerprint density at radius 3 is 2.24 bits per heavy atom. The van der Waals surface area contributed by atoms with Crippen LogP contribution in [0.2, 0.25) is 0 Å². The highest BCUT2D eigenvalue weighted by Crippen LogP contribution is 2.15. The Morgan fingerprint density at radius 2 is 1.71 bits per heavy atom. The Morgan fingerprint density at radius 1 is 1.10 bits per heavy atom. The number of esters is 1. The molecular weight excluding hydrogens is 264 g/mol. The summed E-state index contributed by atoms with van der Waals surface area (Å²) in [5, 5.41) is 0. The third kappa shape index (κ3) is 6.76. The van der Waals surface area contributed by atoms with Gasteiger partial charge in [-0.2, -0.15) is 0 Å². The number of hydrogen-bond acceptors (Lipinski definition) is 3. The normalized spacial score (nSPS) is 12.5. The monoisotopic (exact) mass is 292 g/mol. The van der Waals surface area contributed by atoms with Crippen LogP contribution in [-0.4, -0.2) is 25.8 Å². The predicted octanol–water partition coefficient (Wildman–Crippen LogP) is 4.30. The van der Waals surface area contributed by atoms with Gasteiger partial charge in [-0.3, -0.25) is 0 Å². The van der Waals surface area contributed by atoms with Crippen LogP contribution in [-0.2, 0) is 9.47 Å². The van der Waals surface area contributed by atoms with E-state index in [2.05, 4.69) is 13.8 Å². The number of methoxy groups -OCH3 is 1. The second-order valence-corrected chi connectivity index (χ2v) is 6.18. The smallest absolute Gasteiger partial charge is 0.338 e. The summed E-state index contributed by atoms with van der Waals surface area (Å²) in [5.41, 5.74) is 2.77. The Kier molecular flexibility index (Phi) is 7.44. The molecule has 0 saturated carbocycles. The molecule has 1 unspecified atom stereocenters. The van der Waals surface area contributed by atoms with E-state index in [4.69, 9.17) is 9.47 Å². The average Bonchev–Trinajstić information content (AvgIpc) is 2.37. The van der Waals surface area contributed by atoms with Gasteiger partial charge < -0.3 is 9.47 Å². The Bertz CT molecular complexity index is 432. The number of carbonyl (C=O) groups excluding carboxylic acids is 1. The Labute approximate surface area is 128 Å². The first kappa shape index (κ1) is 17.7. The fourth-order valence-corrected chi connectivity index (χ4v) is 2.43. The molecule has 1 aromatic rings. The molecule has 0 bridgehead atoms. The molecule has 118 valence electrons. The van der Waals surface area contributed by atoms with Crippen LogP contribution < -0.4 is 0 Å². The zero-order valence-corrected chi connectivity index (χ0v) is 13.9.